The van der Waals surface area contributed by atoms with Crippen molar-refractivity contribution in [3.05, 3.63) is 35.4 Å². The number of hydrogen-bond donors (Lipinski definition) is 0. The largest absolute Gasteiger partial charge is 0.342 e. The maximum absolute atomic E-state index is 11.1. The summed E-state index contributed by atoms with van der Waals surface area (Å²) in [5, 5.41) is 0. The number of amides is 1. The summed E-state index contributed by atoms with van der Waals surface area (Å²) in [6.07, 6.45) is 1.07. The molecule has 17 heavy (non-hydrogen) atoms. The molecule has 0 heterocycles. The van der Waals surface area contributed by atoms with Crippen molar-refractivity contribution in [2.45, 2.75) is 19.9 Å². The highest BCUT2D eigenvalue weighted by Crippen LogP contribution is 2.07. The Morgan fingerprint density at radius 1 is 1.06 bits per heavy atom. The van der Waals surface area contributed by atoms with Crippen LogP contribution in [0, 0.1) is 0 Å². The van der Waals surface area contributed by atoms with Gasteiger partial charge in [0.2, 0.25) is 5.91 Å². The highest BCUT2D eigenvalue weighted by atomic mass is 16.2. The lowest BCUT2D eigenvalue weighted by Gasteiger charge is -2.15. The van der Waals surface area contributed by atoms with Gasteiger partial charge >= 0.3 is 0 Å². The van der Waals surface area contributed by atoms with Crippen molar-refractivity contribution in [1.29, 1.82) is 0 Å². The Hall–Kier alpha value is -1.35. The molecule has 0 radical (unpaired) electrons. The van der Waals surface area contributed by atoms with Crippen LogP contribution >= 0.6 is 0 Å². The Morgan fingerprint density at radius 2 is 1.59 bits per heavy atom. The molecule has 0 spiro atoms. The second kappa shape index (κ2) is 6.40. The standard InChI is InChI=1S/C14H22N2O/c1-12(17)16(4)11-14-7-5-13(6-8-14)9-10-15(2)3/h5-8H,9-11H2,1-4H3. The number of nitrogens with zero attached hydrogens (tertiary/aromatic N) is 2. The van der Waals surface area contributed by atoms with Gasteiger partial charge in [0, 0.05) is 27.1 Å². The molecule has 0 atom stereocenters. The molecule has 0 bridgehead atoms. The second-order valence-electron chi connectivity index (χ2n) is 4.74. The van der Waals surface area contributed by atoms with E-state index >= 15 is 0 Å². The first-order chi connectivity index (χ1) is 7.99. The maximum Gasteiger partial charge on any atom is 0.219 e. The summed E-state index contributed by atoms with van der Waals surface area (Å²) in [5.41, 5.74) is 2.52. The molecule has 0 fully saturated rings. The monoisotopic (exact) mass is 234 g/mol. The van der Waals surface area contributed by atoms with Crippen molar-refractivity contribution < 1.29 is 4.79 Å². The Kier molecular flexibility index (Phi) is 5.16. The lowest BCUT2D eigenvalue weighted by Crippen LogP contribution is -2.22. The lowest BCUT2D eigenvalue weighted by molar-refractivity contribution is -0.128. The van der Waals surface area contributed by atoms with Gasteiger partial charge in [-0.15, -0.1) is 0 Å². The zero-order chi connectivity index (χ0) is 12.8. The summed E-state index contributed by atoms with van der Waals surface area (Å²) in [6, 6.07) is 8.49. The van der Waals surface area contributed by atoms with Crippen molar-refractivity contribution >= 4 is 5.91 Å². The lowest BCUT2D eigenvalue weighted by atomic mass is 10.1. The molecular weight excluding hydrogens is 212 g/mol. The van der Waals surface area contributed by atoms with Gasteiger partial charge in [0.15, 0.2) is 0 Å². The molecule has 1 rings (SSSR count). The van der Waals surface area contributed by atoms with E-state index in [9.17, 15) is 4.79 Å². The fourth-order valence-electron chi connectivity index (χ4n) is 1.55. The van der Waals surface area contributed by atoms with Crippen LogP contribution in [0.3, 0.4) is 0 Å². The first-order valence-corrected chi connectivity index (χ1v) is 5.93. The van der Waals surface area contributed by atoms with E-state index in [1.165, 1.54) is 11.1 Å². The number of carbonyl (C=O) groups is 1. The minimum Gasteiger partial charge on any atom is -0.342 e. The van der Waals surface area contributed by atoms with Crippen LogP contribution in [0.15, 0.2) is 24.3 Å². The van der Waals surface area contributed by atoms with Gasteiger partial charge in [0.25, 0.3) is 0 Å². The molecule has 0 aliphatic carbocycles. The maximum atomic E-state index is 11.1. The summed E-state index contributed by atoms with van der Waals surface area (Å²) in [5.74, 6) is 0.0988. The van der Waals surface area contributed by atoms with E-state index in [1.54, 1.807) is 11.8 Å². The molecule has 3 nitrogen and oxygen atoms in total. The highest BCUT2D eigenvalue weighted by Gasteiger charge is 2.03. The topological polar surface area (TPSA) is 23.6 Å². The van der Waals surface area contributed by atoms with Crippen LogP contribution < -0.4 is 0 Å². The molecule has 0 aliphatic heterocycles. The van der Waals surface area contributed by atoms with Crippen LogP contribution in [0.1, 0.15) is 18.1 Å². The molecule has 1 aromatic carbocycles. The van der Waals surface area contributed by atoms with Crippen LogP contribution in [-0.2, 0) is 17.8 Å². The van der Waals surface area contributed by atoms with Gasteiger partial charge < -0.3 is 9.80 Å². The average molecular weight is 234 g/mol. The van der Waals surface area contributed by atoms with E-state index in [2.05, 4.69) is 43.3 Å². The molecule has 0 unspecified atom stereocenters. The van der Waals surface area contributed by atoms with Crippen molar-refractivity contribution in [3.8, 4) is 0 Å². The fourth-order valence-corrected chi connectivity index (χ4v) is 1.55. The number of rotatable bonds is 5. The molecule has 0 N–H and O–H groups in total. The molecule has 94 valence electrons. The van der Waals surface area contributed by atoms with E-state index in [0.29, 0.717) is 6.54 Å². The predicted octanol–water partition coefficient (Wildman–Crippen LogP) is 1.77. The summed E-state index contributed by atoms with van der Waals surface area (Å²) in [6.45, 7) is 3.33. The summed E-state index contributed by atoms with van der Waals surface area (Å²) >= 11 is 0. The predicted molar refractivity (Wildman–Crippen MR) is 70.8 cm³/mol. The van der Waals surface area contributed by atoms with Gasteiger partial charge in [-0.1, -0.05) is 24.3 Å². The molecular formula is C14H22N2O. The third-order valence-electron chi connectivity index (χ3n) is 2.83. The van der Waals surface area contributed by atoms with Crippen LogP contribution in [0.5, 0.6) is 0 Å². The fraction of sp³-hybridized carbons (Fsp3) is 0.500. The van der Waals surface area contributed by atoms with Gasteiger partial charge in [-0.2, -0.15) is 0 Å². The summed E-state index contributed by atoms with van der Waals surface area (Å²) in [7, 11) is 5.98. The van der Waals surface area contributed by atoms with Crippen molar-refractivity contribution in [1.82, 2.24) is 9.80 Å². The Bertz CT molecular complexity index is 357. The molecule has 1 amide bonds. The zero-order valence-electron chi connectivity index (χ0n) is 11.2. The van der Waals surface area contributed by atoms with Crippen molar-refractivity contribution in [3.63, 3.8) is 0 Å². The Balaban J connectivity index is 2.53. The molecule has 0 aromatic heterocycles. The third kappa shape index (κ3) is 5.00. The average Bonchev–Trinajstić information content (AvgIpc) is 2.28. The molecule has 0 saturated heterocycles. The minimum absolute atomic E-state index is 0.0988. The summed E-state index contributed by atoms with van der Waals surface area (Å²) in [4.78, 5) is 15.0. The first kappa shape index (κ1) is 13.7. The Labute approximate surface area is 104 Å². The van der Waals surface area contributed by atoms with Gasteiger partial charge in [0.05, 0.1) is 0 Å². The van der Waals surface area contributed by atoms with Gasteiger partial charge in [-0.25, -0.2) is 0 Å². The highest BCUT2D eigenvalue weighted by molar-refractivity contribution is 5.72. The van der Waals surface area contributed by atoms with E-state index in [-0.39, 0.29) is 5.91 Å². The minimum atomic E-state index is 0.0988. The van der Waals surface area contributed by atoms with Crippen LogP contribution in [0.25, 0.3) is 0 Å². The number of likely N-dealkylation sites (N-methyl/N-ethyl adjacent to an activating group) is 1. The second-order valence-corrected chi connectivity index (χ2v) is 4.74. The van der Waals surface area contributed by atoms with Crippen LogP contribution in [-0.4, -0.2) is 43.4 Å². The molecule has 0 saturated carbocycles. The van der Waals surface area contributed by atoms with Crippen molar-refractivity contribution in [2.75, 3.05) is 27.7 Å². The normalized spacial score (nSPS) is 10.6. The first-order valence-electron chi connectivity index (χ1n) is 5.93. The number of hydrogen-bond acceptors (Lipinski definition) is 2. The zero-order valence-corrected chi connectivity index (χ0v) is 11.2. The van der Waals surface area contributed by atoms with Crippen LogP contribution in [0.4, 0.5) is 0 Å². The third-order valence-corrected chi connectivity index (χ3v) is 2.83. The number of carbonyl (C=O) groups excluding carboxylic acids is 1. The van der Waals surface area contributed by atoms with E-state index in [4.69, 9.17) is 0 Å². The molecule has 0 aliphatic rings. The van der Waals surface area contributed by atoms with Gasteiger partial charge in [-0.3, -0.25) is 4.79 Å². The Morgan fingerprint density at radius 3 is 2.06 bits per heavy atom. The van der Waals surface area contributed by atoms with E-state index < -0.39 is 0 Å². The van der Waals surface area contributed by atoms with Gasteiger partial charge in [-0.05, 0) is 31.6 Å². The van der Waals surface area contributed by atoms with Crippen LogP contribution in [0.2, 0.25) is 0 Å². The van der Waals surface area contributed by atoms with Crippen molar-refractivity contribution in [2.24, 2.45) is 0 Å². The van der Waals surface area contributed by atoms with E-state index in [0.717, 1.165) is 13.0 Å². The number of benzene rings is 1. The molecule has 1 aromatic rings. The SMILES string of the molecule is CC(=O)N(C)Cc1ccc(CCN(C)C)cc1. The molecule has 3 heteroatoms. The summed E-state index contributed by atoms with van der Waals surface area (Å²) < 4.78 is 0. The smallest absolute Gasteiger partial charge is 0.219 e. The van der Waals surface area contributed by atoms with Gasteiger partial charge in [0.1, 0.15) is 0 Å². The quantitative estimate of drug-likeness (QED) is 0.775. The van der Waals surface area contributed by atoms with E-state index in [1.807, 2.05) is 7.05 Å².